The Kier molecular flexibility index (Phi) is 6.60. The highest BCUT2D eigenvalue weighted by Gasteiger charge is 2.35. The molecule has 10 heteroatoms. The predicted molar refractivity (Wildman–Crippen MR) is 142 cm³/mol. The summed E-state index contributed by atoms with van der Waals surface area (Å²) in [7, 11) is 0. The molecule has 0 amide bonds. The number of anilines is 1. The van der Waals surface area contributed by atoms with Gasteiger partial charge in [0, 0.05) is 42.8 Å². The number of allylic oxidation sites excluding steroid dienone is 1. The quantitative estimate of drug-likeness (QED) is 0.447. The molecule has 5 heterocycles. The number of ether oxygens (including phenoxy) is 1. The summed E-state index contributed by atoms with van der Waals surface area (Å²) >= 11 is 0. The highest BCUT2D eigenvalue weighted by Crippen LogP contribution is 2.36. The van der Waals surface area contributed by atoms with Gasteiger partial charge in [0.05, 0.1) is 43.2 Å². The van der Waals surface area contributed by atoms with Crippen LogP contribution in [0.1, 0.15) is 42.1 Å². The van der Waals surface area contributed by atoms with Crippen LogP contribution in [-0.2, 0) is 22.4 Å². The number of aliphatic carboxylic acids is 1. The van der Waals surface area contributed by atoms with E-state index in [-0.39, 0.29) is 12.5 Å². The summed E-state index contributed by atoms with van der Waals surface area (Å²) in [4.78, 5) is 20.9. The SMILES string of the molecule is O=C(O)CC(c1cncc(-n2cccn2)c1)N1N=CC2=CC(OCCc3ccc4c(n3)NCCC4)=CCC21. The van der Waals surface area contributed by atoms with Crippen molar-refractivity contribution in [3.05, 3.63) is 89.4 Å². The zero-order chi connectivity index (χ0) is 25.9. The molecule has 2 N–H and O–H groups in total. The van der Waals surface area contributed by atoms with E-state index in [9.17, 15) is 9.90 Å². The van der Waals surface area contributed by atoms with E-state index in [1.807, 2.05) is 35.5 Å². The molecule has 1 aliphatic carbocycles. The fourth-order valence-corrected chi connectivity index (χ4v) is 5.16. The number of aryl methyl sites for hydroxylation is 1. The fraction of sp³-hybridized carbons (Fsp3) is 0.321. The summed E-state index contributed by atoms with van der Waals surface area (Å²) in [5.74, 6) is 0.908. The number of carboxylic acid groups (broad SMARTS) is 1. The molecule has 2 aliphatic heterocycles. The number of hydrogen-bond acceptors (Lipinski definition) is 8. The number of nitrogens with zero attached hydrogens (tertiary/aromatic N) is 6. The fourth-order valence-electron chi connectivity index (χ4n) is 5.16. The van der Waals surface area contributed by atoms with Crippen LogP contribution in [0.5, 0.6) is 0 Å². The molecule has 0 fully saturated rings. The Bertz CT molecular complexity index is 1410. The van der Waals surface area contributed by atoms with Crippen LogP contribution in [-0.4, -0.2) is 61.2 Å². The van der Waals surface area contributed by atoms with Crippen molar-refractivity contribution in [2.24, 2.45) is 5.10 Å². The molecule has 6 rings (SSSR count). The molecule has 0 saturated carbocycles. The van der Waals surface area contributed by atoms with Gasteiger partial charge in [0.15, 0.2) is 0 Å². The average Bonchev–Trinajstić information content (AvgIpc) is 3.62. The van der Waals surface area contributed by atoms with E-state index in [4.69, 9.17) is 9.72 Å². The first-order valence-corrected chi connectivity index (χ1v) is 12.9. The van der Waals surface area contributed by atoms with E-state index < -0.39 is 12.0 Å². The lowest BCUT2D eigenvalue weighted by molar-refractivity contribution is -0.138. The van der Waals surface area contributed by atoms with Crippen molar-refractivity contribution >= 4 is 18.0 Å². The van der Waals surface area contributed by atoms with Gasteiger partial charge in [-0.3, -0.25) is 14.8 Å². The molecule has 2 unspecified atom stereocenters. The average molecular weight is 512 g/mol. The standard InChI is InChI=1S/C28H29N7O3/c36-27(37)15-26(20-13-23(18-29-16-20)34-11-2-10-31-34)35-25-7-6-24(14-21(25)17-32-35)38-12-8-22-5-4-19-3-1-9-30-28(19)33-22/h2,4-6,10-11,13-14,16-18,25-26H,1,3,7-9,12,15H2,(H,30,33)(H,36,37). The van der Waals surface area contributed by atoms with Crippen LogP contribution >= 0.6 is 0 Å². The van der Waals surface area contributed by atoms with Crippen molar-refractivity contribution < 1.29 is 14.6 Å². The van der Waals surface area contributed by atoms with Gasteiger partial charge in [-0.1, -0.05) is 6.07 Å². The van der Waals surface area contributed by atoms with E-state index in [0.717, 1.165) is 59.9 Å². The number of fused-ring (bicyclic) bond motifs is 2. The van der Waals surface area contributed by atoms with Gasteiger partial charge < -0.3 is 15.2 Å². The second kappa shape index (κ2) is 10.5. The molecule has 2 atom stereocenters. The van der Waals surface area contributed by atoms with E-state index >= 15 is 0 Å². The summed E-state index contributed by atoms with van der Waals surface area (Å²) in [5, 5.41) is 23.8. The highest BCUT2D eigenvalue weighted by atomic mass is 16.5. The minimum Gasteiger partial charge on any atom is -0.494 e. The Balaban J connectivity index is 1.12. The predicted octanol–water partition coefficient (Wildman–Crippen LogP) is 3.68. The van der Waals surface area contributed by atoms with Crippen LogP contribution in [0.15, 0.2) is 77.6 Å². The number of rotatable bonds is 9. The number of carbonyl (C=O) groups is 1. The lowest BCUT2D eigenvalue weighted by atomic mass is 9.96. The Hall–Kier alpha value is -4.47. The molecular weight excluding hydrogens is 482 g/mol. The smallest absolute Gasteiger partial charge is 0.305 e. The van der Waals surface area contributed by atoms with E-state index in [0.29, 0.717) is 13.0 Å². The van der Waals surface area contributed by atoms with Gasteiger partial charge in [0.25, 0.3) is 0 Å². The Morgan fingerprint density at radius 1 is 1.29 bits per heavy atom. The molecule has 194 valence electrons. The summed E-state index contributed by atoms with van der Waals surface area (Å²) in [6.45, 7) is 1.50. The minimum atomic E-state index is -0.895. The van der Waals surface area contributed by atoms with Crippen molar-refractivity contribution in [2.75, 3.05) is 18.5 Å². The first-order valence-electron chi connectivity index (χ1n) is 12.9. The molecule has 3 aromatic rings. The Labute approximate surface area is 220 Å². The van der Waals surface area contributed by atoms with E-state index in [1.54, 1.807) is 29.5 Å². The molecule has 0 radical (unpaired) electrons. The molecule has 10 nitrogen and oxygen atoms in total. The summed E-state index contributed by atoms with van der Waals surface area (Å²) in [6, 6.07) is 7.46. The van der Waals surface area contributed by atoms with Crippen LogP contribution in [0, 0.1) is 0 Å². The first kappa shape index (κ1) is 23.9. The lowest BCUT2D eigenvalue weighted by Crippen LogP contribution is -2.34. The third kappa shape index (κ3) is 5.02. The third-order valence-electron chi connectivity index (χ3n) is 7.06. The first-order chi connectivity index (χ1) is 18.6. The van der Waals surface area contributed by atoms with Gasteiger partial charge in [-0.25, -0.2) is 9.67 Å². The Morgan fingerprint density at radius 2 is 2.24 bits per heavy atom. The Morgan fingerprint density at radius 3 is 3.11 bits per heavy atom. The summed E-state index contributed by atoms with van der Waals surface area (Å²) in [6.07, 6.45) is 16.3. The topological polar surface area (TPSA) is 118 Å². The van der Waals surface area contributed by atoms with Crippen molar-refractivity contribution in [3.8, 4) is 5.69 Å². The number of pyridine rings is 2. The largest absolute Gasteiger partial charge is 0.494 e. The number of hydrazone groups is 1. The minimum absolute atomic E-state index is 0.0616. The van der Waals surface area contributed by atoms with Gasteiger partial charge in [-0.15, -0.1) is 0 Å². The zero-order valence-electron chi connectivity index (χ0n) is 20.9. The van der Waals surface area contributed by atoms with Crippen molar-refractivity contribution in [3.63, 3.8) is 0 Å². The van der Waals surface area contributed by atoms with Crippen molar-refractivity contribution in [1.29, 1.82) is 0 Å². The number of aromatic nitrogens is 4. The van der Waals surface area contributed by atoms with Gasteiger partial charge in [-0.05, 0) is 60.7 Å². The summed E-state index contributed by atoms with van der Waals surface area (Å²) < 4.78 is 7.78. The van der Waals surface area contributed by atoms with Crippen molar-refractivity contribution in [2.45, 2.75) is 44.2 Å². The molecule has 0 spiro atoms. The monoisotopic (exact) mass is 511 g/mol. The molecule has 3 aromatic heterocycles. The van der Waals surface area contributed by atoms with Crippen LogP contribution in [0.25, 0.3) is 5.69 Å². The maximum atomic E-state index is 11.8. The maximum Gasteiger partial charge on any atom is 0.305 e. The molecule has 38 heavy (non-hydrogen) atoms. The second-order valence-corrected chi connectivity index (χ2v) is 9.61. The van der Waals surface area contributed by atoms with Crippen LogP contribution in [0.4, 0.5) is 5.82 Å². The summed E-state index contributed by atoms with van der Waals surface area (Å²) in [5.41, 5.74) is 4.84. The van der Waals surface area contributed by atoms with Crippen LogP contribution in [0.2, 0.25) is 0 Å². The molecular formula is C28H29N7O3. The van der Waals surface area contributed by atoms with Crippen LogP contribution in [0.3, 0.4) is 0 Å². The van der Waals surface area contributed by atoms with Gasteiger partial charge in [0.1, 0.15) is 11.6 Å². The molecule has 0 aromatic carbocycles. The highest BCUT2D eigenvalue weighted by molar-refractivity contribution is 5.83. The molecule has 0 saturated heterocycles. The number of carboxylic acids is 1. The molecule has 0 bridgehead atoms. The van der Waals surface area contributed by atoms with E-state index in [2.05, 4.69) is 32.6 Å². The van der Waals surface area contributed by atoms with Gasteiger partial charge in [0.2, 0.25) is 0 Å². The lowest BCUT2D eigenvalue weighted by Gasteiger charge is -2.33. The van der Waals surface area contributed by atoms with Crippen LogP contribution < -0.4 is 5.32 Å². The maximum absolute atomic E-state index is 11.8. The second-order valence-electron chi connectivity index (χ2n) is 9.61. The third-order valence-corrected chi connectivity index (χ3v) is 7.06. The zero-order valence-corrected chi connectivity index (χ0v) is 20.9. The molecule has 3 aliphatic rings. The number of hydrogen-bond donors (Lipinski definition) is 2. The normalized spacial score (nSPS) is 18.6. The van der Waals surface area contributed by atoms with E-state index in [1.165, 1.54) is 5.56 Å². The van der Waals surface area contributed by atoms with Gasteiger partial charge >= 0.3 is 5.97 Å². The van der Waals surface area contributed by atoms with Crippen molar-refractivity contribution in [1.82, 2.24) is 24.8 Å². The number of nitrogens with one attached hydrogen (secondary N) is 1. The van der Waals surface area contributed by atoms with Gasteiger partial charge in [-0.2, -0.15) is 10.2 Å².